The van der Waals surface area contributed by atoms with Crippen molar-refractivity contribution in [2.75, 3.05) is 17.3 Å². The Hall–Kier alpha value is -0.920. The molecule has 0 amide bonds. The first-order chi connectivity index (χ1) is 7.15. The van der Waals surface area contributed by atoms with Gasteiger partial charge in [0, 0.05) is 11.8 Å². The van der Waals surface area contributed by atoms with Gasteiger partial charge >= 0.3 is 0 Å². The Morgan fingerprint density at radius 1 is 1.67 bits per heavy atom. The smallest absolute Gasteiger partial charge is 0.132 e. The molecule has 3 nitrogen and oxygen atoms in total. The average molecular weight is 242 g/mol. The Morgan fingerprint density at radius 3 is 3.00 bits per heavy atom. The Bertz CT molecular complexity index is 375. The van der Waals surface area contributed by atoms with Crippen LogP contribution in [0.3, 0.4) is 0 Å². The van der Waals surface area contributed by atoms with Gasteiger partial charge in [0.25, 0.3) is 0 Å². The summed E-state index contributed by atoms with van der Waals surface area (Å²) in [6.07, 6.45) is 2.05. The van der Waals surface area contributed by atoms with E-state index < -0.39 is 0 Å². The Labute approximate surface area is 98.8 Å². The molecule has 80 valence electrons. The second-order valence-electron chi connectivity index (χ2n) is 3.18. The molecule has 0 spiro atoms. The van der Waals surface area contributed by atoms with Crippen LogP contribution in [0.1, 0.15) is 12.5 Å². The maximum Gasteiger partial charge on any atom is 0.132 e. The molecule has 1 aromatic heterocycles. The first-order valence-electron chi connectivity index (χ1n) is 4.49. The van der Waals surface area contributed by atoms with Crippen molar-refractivity contribution in [3.8, 4) is 6.07 Å². The van der Waals surface area contributed by atoms with Gasteiger partial charge in [-0.15, -0.1) is 0 Å². The zero-order chi connectivity index (χ0) is 11.3. The minimum absolute atomic E-state index is 0.303. The molecule has 0 bridgehead atoms. The molecule has 1 aromatic rings. The molecule has 0 aromatic carbocycles. The van der Waals surface area contributed by atoms with Crippen LogP contribution in [0.4, 0.5) is 5.82 Å². The lowest BCUT2D eigenvalue weighted by Crippen LogP contribution is -2.18. The number of hydrogen-bond donors (Lipinski definition) is 1. The summed E-state index contributed by atoms with van der Waals surface area (Å²) in [5.41, 5.74) is 0.522. The van der Waals surface area contributed by atoms with Crippen LogP contribution >= 0.6 is 23.4 Å². The maximum absolute atomic E-state index is 8.76. The Morgan fingerprint density at radius 2 is 2.40 bits per heavy atom. The lowest BCUT2D eigenvalue weighted by Gasteiger charge is -2.13. The zero-order valence-corrected chi connectivity index (χ0v) is 10.2. The van der Waals surface area contributed by atoms with Crippen molar-refractivity contribution in [2.24, 2.45) is 0 Å². The highest BCUT2D eigenvalue weighted by Gasteiger charge is 2.04. The fraction of sp³-hybridized carbons (Fsp3) is 0.400. The van der Waals surface area contributed by atoms with E-state index >= 15 is 0 Å². The van der Waals surface area contributed by atoms with Gasteiger partial charge in [0.15, 0.2) is 0 Å². The molecule has 1 rings (SSSR count). The van der Waals surface area contributed by atoms with Gasteiger partial charge in [0.2, 0.25) is 0 Å². The minimum Gasteiger partial charge on any atom is -0.367 e. The van der Waals surface area contributed by atoms with Crippen molar-refractivity contribution in [1.29, 1.82) is 5.26 Å². The second-order valence-corrected chi connectivity index (χ2v) is 4.47. The number of halogens is 1. The van der Waals surface area contributed by atoms with E-state index in [-0.39, 0.29) is 0 Å². The fourth-order valence-electron chi connectivity index (χ4n) is 1.18. The van der Waals surface area contributed by atoms with Gasteiger partial charge < -0.3 is 5.32 Å². The van der Waals surface area contributed by atoms with Crippen LogP contribution in [0.2, 0.25) is 5.15 Å². The summed E-state index contributed by atoms with van der Waals surface area (Å²) in [4.78, 5) is 4.10. The molecule has 0 saturated carbocycles. The molecule has 15 heavy (non-hydrogen) atoms. The van der Waals surface area contributed by atoms with Crippen molar-refractivity contribution in [3.05, 3.63) is 22.8 Å². The number of rotatable bonds is 4. The summed E-state index contributed by atoms with van der Waals surface area (Å²) in [6, 6.07) is 5.59. The highest BCUT2D eigenvalue weighted by Crippen LogP contribution is 2.15. The molecule has 0 radical (unpaired) electrons. The number of aromatic nitrogens is 1. The summed E-state index contributed by atoms with van der Waals surface area (Å²) in [6.45, 7) is 2.06. The third-order valence-corrected chi connectivity index (χ3v) is 2.76. The van der Waals surface area contributed by atoms with E-state index in [1.54, 1.807) is 23.9 Å². The van der Waals surface area contributed by atoms with Crippen LogP contribution in [0.5, 0.6) is 0 Å². The van der Waals surface area contributed by atoms with Gasteiger partial charge in [-0.1, -0.05) is 11.6 Å². The number of thioether (sulfide) groups is 1. The molecule has 1 N–H and O–H groups in total. The lowest BCUT2D eigenvalue weighted by atomic mass is 10.3. The van der Waals surface area contributed by atoms with Crippen LogP contribution in [-0.4, -0.2) is 23.0 Å². The van der Waals surface area contributed by atoms with Crippen LogP contribution in [0, 0.1) is 11.3 Å². The van der Waals surface area contributed by atoms with Gasteiger partial charge in [-0.25, -0.2) is 4.98 Å². The number of pyridine rings is 1. The molecule has 1 unspecified atom stereocenters. The first-order valence-corrected chi connectivity index (χ1v) is 6.26. The quantitative estimate of drug-likeness (QED) is 0.824. The monoisotopic (exact) mass is 241 g/mol. The minimum atomic E-state index is 0.303. The van der Waals surface area contributed by atoms with Crippen molar-refractivity contribution in [1.82, 2.24) is 4.98 Å². The molecular weight excluding hydrogens is 230 g/mol. The average Bonchev–Trinajstić information content (AvgIpc) is 2.17. The molecule has 1 atom stereocenters. The second kappa shape index (κ2) is 5.84. The van der Waals surface area contributed by atoms with Crippen molar-refractivity contribution < 1.29 is 0 Å². The van der Waals surface area contributed by atoms with Gasteiger partial charge in [0.1, 0.15) is 11.0 Å². The maximum atomic E-state index is 8.76. The third kappa shape index (κ3) is 3.98. The number of nitrogens with zero attached hydrogens (tertiary/aromatic N) is 2. The summed E-state index contributed by atoms with van der Waals surface area (Å²) in [7, 11) is 0. The van der Waals surface area contributed by atoms with Crippen molar-refractivity contribution >= 4 is 29.2 Å². The van der Waals surface area contributed by atoms with E-state index in [1.165, 1.54) is 0 Å². The van der Waals surface area contributed by atoms with Gasteiger partial charge in [-0.2, -0.15) is 17.0 Å². The predicted octanol–water partition coefficient (Wildman–Crippen LogP) is 2.77. The van der Waals surface area contributed by atoms with Crippen molar-refractivity contribution in [3.63, 3.8) is 0 Å². The first kappa shape index (κ1) is 12.2. The molecule has 0 aliphatic carbocycles. The van der Waals surface area contributed by atoms with E-state index in [2.05, 4.69) is 17.2 Å². The summed E-state index contributed by atoms with van der Waals surface area (Å²) in [5, 5.41) is 12.3. The summed E-state index contributed by atoms with van der Waals surface area (Å²) < 4.78 is 0. The van der Waals surface area contributed by atoms with Crippen LogP contribution in [0.15, 0.2) is 12.1 Å². The third-order valence-electron chi connectivity index (χ3n) is 1.73. The Kier molecular flexibility index (Phi) is 4.73. The number of anilines is 1. The number of nitriles is 1. The SMILES string of the molecule is CSCC(C)Nc1cc(C#N)cc(Cl)n1. The molecule has 0 aliphatic heterocycles. The van der Waals surface area contributed by atoms with Gasteiger partial charge in [-0.3, -0.25) is 0 Å². The zero-order valence-electron chi connectivity index (χ0n) is 8.62. The normalized spacial score (nSPS) is 11.9. The molecular formula is C10H12ClN3S. The standard InChI is InChI=1S/C10H12ClN3S/c1-7(6-15-2)13-10-4-8(5-12)3-9(11)14-10/h3-4,7H,6H2,1-2H3,(H,13,14). The lowest BCUT2D eigenvalue weighted by molar-refractivity contribution is 0.903. The Balaban J connectivity index is 2.77. The van der Waals surface area contributed by atoms with E-state index in [0.717, 1.165) is 5.75 Å². The highest BCUT2D eigenvalue weighted by atomic mass is 35.5. The summed E-state index contributed by atoms with van der Waals surface area (Å²) >= 11 is 7.54. The number of hydrogen-bond acceptors (Lipinski definition) is 4. The fourth-order valence-corrected chi connectivity index (χ4v) is 1.97. The highest BCUT2D eigenvalue weighted by molar-refractivity contribution is 7.98. The topological polar surface area (TPSA) is 48.7 Å². The van der Waals surface area contributed by atoms with Crippen LogP contribution in [0.25, 0.3) is 0 Å². The van der Waals surface area contributed by atoms with Crippen LogP contribution in [-0.2, 0) is 0 Å². The van der Waals surface area contributed by atoms with E-state index in [9.17, 15) is 0 Å². The molecule has 5 heteroatoms. The molecule has 1 heterocycles. The van der Waals surface area contributed by atoms with Gasteiger partial charge in [-0.05, 0) is 25.3 Å². The van der Waals surface area contributed by atoms with Gasteiger partial charge in [0.05, 0.1) is 11.6 Å². The predicted molar refractivity (Wildman–Crippen MR) is 65.4 cm³/mol. The molecule has 0 aliphatic rings. The largest absolute Gasteiger partial charge is 0.367 e. The van der Waals surface area contributed by atoms with E-state index in [0.29, 0.717) is 22.6 Å². The van der Waals surface area contributed by atoms with Crippen molar-refractivity contribution in [2.45, 2.75) is 13.0 Å². The number of nitrogens with one attached hydrogen (secondary N) is 1. The van der Waals surface area contributed by atoms with Crippen LogP contribution < -0.4 is 5.32 Å². The molecule has 0 fully saturated rings. The molecule has 0 saturated heterocycles. The summed E-state index contributed by atoms with van der Waals surface area (Å²) in [5.74, 6) is 1.64. The van der Waals surface area contributed by atoms with E-state index in [4.69, 9.17) is 16.9 Å². The van der Waals surface area contributed by atoms with E-state index in [1.807, 2.05) is 12.3 Å².